The molecule has 0 saturated heterocycles. The van der Waals surface area contributed by atoms with Crippen LogP contribution in [0.15, 0.2) is 29.9 Å². The Hall–Kier alpha value is -0.990. The monoisotopic (exact) mass is 145 g/mol. The minimum Gasteiger partial charge on any atom is -0.265 e. The first-order valence-electron chi connectivity index (χ1n) is 2.76. The molecule has 0 aromatic carbocycles. The maximum absolute atomic E-state index is 12.0. The summed E-state index contributed by atoms with van der Waals surface area (Å²) < 4.78 is 23.9. The first kappa shape index (κ1) is 9.01. The lowest BCUT2D eigenvalue weighted by Gasteiger charge is -1.98. The molecule has 10 heavy (non-hydrogen) atoms. The molecule has 0 atom stereocenters. The van der Waals surface area contributed by atoms with Crippen LogP contribution < -0.4 is 0 Å². The highest BCUT2D eigenvalue weighted by atomic mass is 19.3. The van der Waals surface area contributed by atoms with Crippen LogP contribution in [0.3, 0.4) is 0 Å². The first-order valence-corrected chi connectivity index (χ1v) is 2.76. The Kier molecular flexibility index (Phi) is 3.54. The van der Waals surface area contributed by atoms with Gasteiger partial charge in [0.05, 0.1) is 0 Å². The Morgan fingerprint density at radius 3 is 2.50 bits per heavy atom. The van der Waals surface area contributed by atoms with Crippen LogP contribution in [0.5, 0.6) is 0 Å². The third-order valence-electron chi connectivity index (χ3n) is 0.645. The van der Waals surface area contributed by atoms with Crippen LogP contribution in [0.4, 0.5) is 8.78 Å². The van der Waals surface area contributed by atoms with Gasteiger partial charge in [-0.05, 0) is 0 Å². The number of hydrogen-bond donors (Lipinski definition) is 0. The molecule has 1 nitrogen and oxygen atoms in total. The van der Waals surface area contributed by atoms with E-state index in [4.69, 9.17) is 0 Å². The van der Waals surface area contributed by atoms with Crippen LogP contribution in [0.2, 0.25) is 0 Å². The molecule has 0 spiro atoms. The van der Waals surface area contributed by atoms with Crippen molar-refractivity contribution < 1.29 is 8.78 Å². The molecule has 0 aromatic rings. The van der Waals surface area contributed by atoms with Gasteiger partial charge in [0.2, 0.25) is 0 Å². The Balaban J connectivity index is 3.77. The van der Waals surface area contributed by atoms with E-state index in [1.807, 2.05) is 0 Å². The smallest absolute Gasteiger partial charge is 0.265 e. The Morgan fingerprint density at radius 1 is 1.50 bits per heavy atom. The minimum absolute atomic E-state index is 0.715. The lowest BCUT2D eigenvalue weighted by atomic mass is 10.4. The lowest BCUT2D eigenvalue weighted by Crippen LogP contribution is -2.02. The van der Waals surface area contributed by atoms with Gasteiger partial charge in [0.1, 0.15) is 0 Å². The van der Waals surface area contributed by atoms with Crippen molar-refractivity contribution in [2.45, 2.75) is 12.8 Å². The molecule has 0 rings (SSSR count). The summed E-state index contributed by atoms with van der Waals surface area (Å²) in [6.07, 6.45) is 4.51. The molecule has 0 aromatic heterocycles. The summed E-state index contributed by atoms with van der Waals surface area (Å²) in [4.78, 5) is 3.47. The van der Waals surface area contributed by atoms with Gasteiger partial charge < -0.3 is 0 Å². The minimum atomic E-state index is -2.78. The van der Waals surface area contributed by atoms with E-state index in [0.29, 0.717) is 6.08 Å². The third kappa shape index (κ3) is 7.01. The summed E-state index contributed by atoms with van der Waals surface area (Å²) in [6.45, 7) is 4.12. The average Bonchev–Trinajstić information content (AvgIpc) is 1.78. The molecule has 0 aliphatic carbocycles. The van der Waals surface area contributed by atoms with Crippen molar-refractivity contribution in [1.29, 1.82) is 0 Å². The number of alkyl halides is 2. The quantitative estimate of drug-likeness (QED) is 0.541. The van der Waals surface area contributed by atoms with Crippen molar-refractivity contribution >= 4 is 6.21 Å². The van der Waals surface area contributed by atoms with Gasteiger partial charge in [0.15, 0.2) is 0 Å². The van der Waals surface area contributed by atoms with Crippen LogP contribution in [0, 0.1) is 0 Å². The molecule has 0 aliphatic heterocycles. The number of rotatable bonds is 3. The second-order valence-electron chi connectivity index (χ2n) is 1.81. The summed E-state index contributed by atoms with van der Waals surface area (Å²) in [7, 11) is 0. The largest absolute Gasteiger partial charge is 0.265 e. The van der Waals surface area contributed by atoms with Gasteiger partial charge in [0, 0.05) is 25.4 Å². The molecular formula is C7H9F2N. The number of halogens is 2. The van der Waals surface area contributed by atoms with Gasteiger partial charge in [-0.1, -0.05) is 12.7 Å². The fourth-order valence-corrected chi connectivity index (χ4v) is 0.284. The van der Waals surface area contributed by atoms with E-state index < -0.39 is 5.92 Å². The Labute approximate surface area is 58.8 Å². The highest BCUT2D eigenvalue weighted by molar-refractivity contribution is 5.70. The van der Waals surface area contributed by atoms with Gasteiger partial charge in [-0.3, -0.25) is 4.99 Å². The SMILES string of the molecule is C=CC=N/C=C/C(C)(F)F. The van der Waals surface area contributed by atoms with Crippen molar-refractivity contribution in [3.8, 4) is 0 Å². The Morgan fingerprint density at radius 2 is 2.10 bits per heavy atom. The zero-order valence-corrected chi connectivity index (χ0v) is 5.72. The van der Waals surface area contributed by atoms with Crippen molar-refractivity contribution in [2.75, 3.05) is 0 Å². The fraction of sp³-hybridized carbons (Fsp3) is 0.286. The van der Waals surface area contributed by atoms with E-state index in [0.717, 1.165) is 13.1 Å². The molecule has 0 unspecified atom stereocenters. The fourth-order valence-electron chi connectivity index (χ4n) is 0.284. The summed E-state index contributed by atoms with van der Waals surface area (Å²) in [5, 5.41) is 0. The second kappa shape index (κ2) is 3.93. The lowest BCUT2D eigenvalue weighted by molar-refractivity contribution is 0.0773. The van der Waals surface area contributed by atoms with E-state index in [1.54, 1.807) is 0 Å². The van der Waals surface area contributed by atoms with E-state index >= 15 is 0 Å². The van der Waals surface area contributed by atoms with Crippen LogP contribution in [0.25, 0.3) is 0 Å². The highest BCUT2D eigenvalue weighted by Crippen LogP contribution is 2.12. The zero-order valence-electron chi connectivity index (χ0n) is 5.72. The van der Waals surface area contributed by atoms with E-state index in [9.17, 15) is 8.78 Å². The van der Waals surface area contributed by atoms with Crippen molar-refractivity contribution in [3.63, 3.8) is 0 Å². The summed E-state index contributed by atoms with van der Waals surface area (Å²) in [5.74, 6) is -2.78. The van der Waals surface area contributed by atoms with E-state index in [2.05, 4.69) is 11.6 Å². The molecule has 0 saturated carbocycles. The topological polar surface area (TPSA) is 12.4 Å². The van der Waals surface area contributed by atoms with Gasteiger partial charge in [-0.2, -0.15) is 0 Å². The maximum Gasteiger partial charge on any atom is 0.265 e. The van der Waals surface area contributed by atoms with Gasteiger partial charge in [-0.15, -0.1) is 0 Å². The van der Waals surface area contributed by atoms with Crippen LogP contribution in [0.1, 0.15) is 6.92 Å². The van der Waals surface area contributed by atoms with E-state index in [1.165, 1.54) is 12.3 Å². The molecule has 56 valence electrons. The van der Waals surface area contributed by atoms with Gasteiger partial charge in [0.25, 0.3) is 5.92 Å². The van der Waals surface area contributed by atoms with Crippen LogP contribution in [-0.2, 0) is 0 Å². The third-order valence-corrected chi connectivity index (χ3v) is 0.645. The normalized spacial score (nSPS) is 13.1. The predicted octanol–water partition coefficient (Wildman–Crippen LogP) is 2.41. The zero-order chi connectivity index (χ0) is 8.04. The highest BCUT2D eigenvalue weighted by Gasteiger charge is 2.14. The van der Waals surface area contributed by atoms with Crippen LogP contribution in [-0.4, -0.2) is 12.1 Å². The molecule has 0 heterocycles. The first-order chi connectivity index (χ1) is 4.56. The molecule has 3 heteroatoms. The predicted molar refractivity (Wildman–Crippen MR) is 38.5 cm³/mol. The molecule has 0 amide bonds. The Bertz CT molecular complexity index is 153. The van der Waals surface area contributed by atoms with E-state index in [-0.39, 0.29) is 0 Å². The van der Waals surface area contributed by atoms with Crippen molar-refractivity contribution in [2.24, 2.45) is 4.99 Å². The number of aliphatic imine (C=N–C) groups is 1. The number of allylic oxidation sites excluding steroid dienone is 2. The maximum atomic E-state index is 12.0. The number of hydrogen-bond acceptors (Lipinski definition) is 1. The number of nitrogens with zero attached hydrogens (tertiary/aromatic N) is 1. The van der Waals surface area contributed by atoms with Gasteiger partial charge in [-0.25, -0.2) is 8.78 Å². The average molecular weight is 145 g/mol. The summed E-state index contributed by atoms with van der Waals surface area (Å²) >= 11 is 0. The molecule has 0 bridgehead atoms. The van der Waals surface area contributed by atoms with Crippen LogP contribution >= 0.6 is 0 Å². The standard InChI is InChI=1S/C7H9F2N/c1-3-5-10-6-4-7(2,8)9/h3-6H,1H2,2H3/b6-4+,10-5?. The molecule has 0 N–H and O–H groups in total. The van der Waals surface area contributed by atoms with Gasteiger partial charge >= 0.3 is 0 Å². The molecular weight excluding hydrogens is 136 g/mol. The van der Waals surface area contributed by atoms with Crippen molar-refractivity contribution in [3.05, 3.63) is 24.9 Å². The van der Waals surface area contributed by atoms with Crippen molar-refractivity contribution in [1.82, 2.24) is 0 Å². The molecule has 0 aliphatic rings. The molecule has 0 fully saturated rings. The second-order valence-corrected chi connectivity index (χ2v) is 1.81. The summed E-state index contributed by atoms with van der Waals surface area (Å²) in [5.41, 5.74) is 0. The molecule has 0 radical (unpaired) electrons. The summed E-state index contributed by atoms with van der Waals surface area (Å²) in [6, 6.07) is 0.